The molecule has 21 heavy (non-hydrogen) atoms. The molecule has 0 aromatic carbocycles. The molecule has 0 saturated carbocycles. The van der Waals surface area contributed by atoms with E-state index in [1.807, 2.05) is 0 Å². The minimum Gasteiger partial charge on any atom is -0.469 e. The van der Waals surface area contributed by atoms with Crippen molar-refractivity contribution in [3.05, 3.63) is 24.2 Å². The van der Waals surface area contributed by atoms with E-state index in [-0.39, 0.29) is 19.0 Å². The van der Waals surface area contributed by atoms with E-state index >= 15 is 0 Å². The smallest absolute Gasteiger partial charge is 0.320 e. The molecule has 0 fully saturated rings. The molecular formula is C13H17N3O5. The molecule has 0 aliphatic rings. The second kappa shape index (κ2) is 6.91. The molecule has 0 radical (unpaired) electrons. The quantitative estimate of drug-likeness (QED) is 0.742. The third-order valence-electron chi connectivity index (χ3n) is 2.80. The first kappa shape index (κ1) is 15.1. The van der Waals surface area contributed by atoms with Crippen LogP contribution in [0, 0.1) is 6.92 Å². The van der Waals surface area contributed by atoms with Crippen LogP contribution < -0.4 is 10.6 Å². The number of aliphatic hydroxyl groups excluding tert-OH is 1. The van der Waals surface area contributed by atoms with Crippen molar-refractivity contribution in [2.24, 2.45) is 0 Å². The average Bonchev–Trinajstić information content (AvgIpc) is 3.07. The molecule has 1 atom stereocenters. The number of rotatable bonds is 6. The number of hydrogen-bond donors (Lipinski definition) is 3. The van der Waals surface area contributed by atoms with Crippen LogP contribution in [0.2, 0.25) is 0 Å². The Morgan fingerprint density at radius 1 is 1.57 bits per heavy atom. The Bertz CT molecular complexity index is 592. The van der Waals surface area contributed by atoms with Crippen molar-refractivity contribution < 1.29 is 23.6 Å². The third kappa shape index (κ3) is 3.83. The number of furan rings is 1. The molecule has 0 unspecified atom stereocenters. The van der Waals surface area contributed by atoms with Crippen LogP contribution in [0.3, 0.4) is 0 Å². The molecule has 0 aliphatic carbocycles. The van der Waals surface area contributed by atoms with Gasteiger partial charge in [-0.2, -0.15) is 0 Å². The molecule has 2 aromatic rings. The van der Waals surface area contributed by atoms with Gasteiger partial charge in [0.2, 0.25) is 0 Å². The van der Waals surface area contributed by atoms with Crippen molar-refractivity contribution >= 4 is 11.8 Å². The number of hydrogen-bond acceptors (Lipinski definition) is 6. The highest BCUT2D eigenvalue weighted by atomic mass is 16.5. The largest absolute Gasteiger partial charge is 0.469 e. The van der Waals surface area contributed by atoms with Gasteiger partial charge in [0.15, 0.2) is 11.6 Å². The summed E-state index contributed by atoms with van der Waals surface area (Å²) in [5, 5.41) is 17.9. The summed E-state index contributed by atoms with van der Waals surface area (Å²) >= 11 is 0. The Balaban J connectivity index is 1.96. The topological polar surface area (TPSA) is 110 Å². The van der Waals surface area contributed by atoms with E-state index in [1.54, 1.807) is 25.3 Å². The van der Waals surface area contributed by atoms with Crippen LogP contribution >= 0.6 is 0 Å². The summed E-state index contributed by atoms with van der Waals surface area (Å²) in [5.41, 5.74) is 0.767. The van der Waals surface area contributed by atoms with Crippen molar-refractivity contribution in [2.45, 2.75) is 13.0 Å². The molecule has 114 valence electrons. The summed E-state index contributed by atoms with van der Waals surface area (Å²) in [6, 6.07) is 2.34. The number of aryl methyl sites for hydroxylation is 1. The first-order valence-electron chi connectivity index (χ1n) is 6.32. The number of aromatic nitrogens is 1. The van der Waals surface area contributed by atoms with Crippen molar-refractivity contribution in [3.63, 3.8) is 0 Å². The molecule has 0 bridgehead atoms. The number of aliphatic hydroxyl groups is 1. The number of anilines is 1. The van der Waals surface area contributed by atoms with Crippen LogP contribution in [0.4, 0.5) is 10.6 Å². The molecule has 8 nitrogen and oxygen atoms in total. The zero-order chi connectivity index (χ0) is 15.2. The van der Waals surface area contributed by atoms with Gasteiger partial charge in [0.25, 0.3) is 0 Å². The standard InChI is InChI=1S/C13H17N3O5/c1-8-10(3-4-20-8)11-5-12(16-21-11)15-13(18)14-9(6-17)7-19-2/h3-5,9,17H,6-7H2,1-2H3,(H2,14,15,16,18)/t9-/m0/s1. The molecule has 3 N–H and O–H groups in total. The zero-order valence-corrected chi connectivity index (χ0v) is 11.8. The summed E-state index contributed by atoms with van der Waals surface area (Å²) < 4.78 is 15.2. The second-order valence-electron chi connectivity index (χ2n) is 4.40. The fourth-order valence-electron chi connectivity index (χ4n) is 1.78. The highest BCUT2D eigenvalue weighted by Gasteiger charge is 2.15. The molecule has 2 aromatic heterocycles. The van der Waals surface area contributed by atoms with E-state index in [9.17, 15) is 4.79 Å². The van der Waals surface area contributed by atoms with Crippen molar-refractivity contribution in [2.75, 3.05) is 25.6 Å². The normalized spacial score (nSPS) is 12.1. The predicted octanol–water partition coefficient (Wildman–Crippen LogP) is 1.37. The van der Waals surface area contributed by atoms with Gasteiger partial charge in [0.1, 0.15) is 5.76 Å². The molecule has 2 heterocycles. The highest BCUT2D eigenvalue weighted by molar-refractivity contribution is 5.88. The highest BCUT2D eigenvalue weighted by Crippen LogP contribution is 2.26. The van der Waals surface area contributed by atoms with E-state index < -0.39 is 12.1 Å². The van der Waals surface area contributed by atoms with Gasteiger partial charge in [0, 0.05) is 13.2 Å². The SMILES string of the molecule is COC[C@H](CO)NC(=O)Nc1cc(-c2ccoc2C)on1. The molecular weight excluding hydrogens is 278 g/mol. The lowest BCUT2D eigenvalue weighted by Crippen LogP contribution is -2.42. The summed E-state index contributed by atoms with van der Waals surface area (Å²) in [6.45, 7) is 1.79. The number of urea groups is 1. The van der Waals surface area contributed by atoms with E-state index in [1.165, 1.54) is 7.11 Å². The van der Waals surface area contributed by atoms with Gasteiger partial charge in [-0.05, 0) is 13.0 Å². The monoisotopic (exact) mass is 295 g/mol. The first-order chi connectivity index (χ1) is 10.1. The number of nitrogens with zero attached hydrogens (tertiary/aromatic N) is 1. The van der Waals surface area contributed by atoms with Gasteiger partial charge in [-0.25, -0.2) is 4.79 Å². The summed E-state index contributed by atoms with van der Waals surface area (Å²) in [4.78, 5) is 11.7. The first-order valence-corrected chi connectivity index (χ1v) is 6.32. The number of carbonyl (C=O) groups is 1. The molecule has 2 amide bonds. The average molecular weight is 295 g/mol. The maximum absolute atomic E-state index is 11.7. The second-order valence-corrected chi connectivity index (χ2v) is 4.40. The molecule has 0 spiro atoms. The van der Waals surface area contributed by atoms with Crippen molar-refractivity contribution in [1.29, 1.82) is 0 Å². The fourth-order valence-corrected chi connectivity index (χ4v) is 1.78. The van der Waals surface area contributed by atoms with Crippen LogP contribution in [0.15, 0.2) is 27.3 Å². The Morgan fingerprint density at radius 3 is 3.00 bits per heavy atom. The van der Waals surface area contributed by atoms with Gasteiger partial charge >= 0.3 is 6.03 Å². The number of amides is 2. The van der Waals surface area contributed by atoms with Gasteiger partial charge < -0.3 is 24.1 Å². The zero-order valence-electron chi connectivity index (χ0n) is 11.8. The maximum atomic E-state index is 11.7. The minimum atomic E-state index is -0.505. The Labute approximate surface area is 121 Å². The van der Waals surface area contributed by atoms with Crippen molar-refractivity contribution in [3.8, 4) is 11.3 Å². The van der Waals surface area contributed by atoms with Crippen LogP contribution in [0.1, 0.15) is 5.76 Å². The lowest BCUT2D eigenvalue weighted by molar-refractivity contribution is 0.132. The number of ether oxygens (including phenoxy) is 1. The summed E-state index contributed by atoms with van der Waals surface area (Å²) in [6.07, 6.45) is 1.55. The van der Waals surface area contributed by atoms with E-state index in [0.717, 1.165) is 5.56 Å². The predicted molar refractivity (Wildman–Crippen MR) is 73.8 cm³/mol. The lowest BCUT2D eigenvalue weighted by Gasteiger charge is -2.14. The Hall–Kier alpha value is -2.32. The van der Waals surface area contributed by atoms with Gasteiger partial charge in [-0.15, -0.1) is 0 Å². The number of carbonyl (C=O) groups excluding carboxylic acids is 1. The minimum absolute atomic E-state index is 0.211. The molecule has 2 rings (SSSR count). The van der Waals surface area contributed by atoms with Gasteiger partial charge in [-0.1, -0.05) is 5.16 Å². The van der Waals surface area contributed by atoms with E-state index in [2.05, 4.69) is 15.8 Å². The summed E-state index contributed by atoms with van der Waals surface area (Å²) in [7, 11) is 1.49. The Morgan fingerprint density at radius 2 is 2.38 bits per heavy atom. The van der Waals surface area contributed by atoms with Crippen LogP contribution in [-0.2, 0) is 4.74 Å². The van der Waals surface area contributed by atoms with E-state index in [0.29, 0.717) is 11.5 Å². The molecule has 0 aliphatic heterocycles. The number of methoxy groups -OCH3 is 1. The fraction of sp³-hybridized carbons (Fsp3) is 0.385. The van der Waals surface area contributed by atoms with Gasteiger partial charge in [-0.3, -0.25) is 5.32 Å². The number of nitrogens with one attached hydrogen (secondary N) is 2. The molecule has 0 saturated heterocycles. The lowest BCUT2D eigenvalue weighted by atomic mass is 10.2. The third-order valence-corrected chi connectivity index (χ3v) is 2.80. The van der Waals surface area contributed by atoms with Gasteiger partial charge in [0.05, 0.1) is 31.1 Å². The van der Waals surface area contributed by atoms with Crippen LogP contribution in [-0.4, -0.2) is 42.7 Å². The Kier molecular flexibility index (Phi) is 4.96. The van der Waals surface area contributed by atoms with Crippen molar-refractivity contribution in [1.82, 2.24) is 10.5 Å². The summed E-state index contributed by atoms with van der Waals surface area (Å²) in [5.74, 6) is 1.45. The molecule has 8 heteroatoms. The maximum Gasteiger partial charge on any atom is 0.320 e. The van der Waals surface area contributed by atoms with Crippen LogP contribution in [0.5, 0.6) is 0 Å². The van der Waals surface area contributed by atoms with E-state index in [4.69, 9.17) is 18.8 Å². The van der Waals surface area contributed by atoms with Crippen LogP contribution in [0.25, 0.3) is 11.3 Å².